The van der Waals surface area contributed by atoms with Crippen LogP contribution in [-0.4, -0.2) is 537 Å². The van der Waals surface area contributed by atoms with Gasteiger partial charge in [0.15, 0.2) is 62.9 Å². The van der Waals surface area contributed by atoms with Gasteiger partial charge < -0.3 is 244 Å². The van der Waals surface area contributed by atoms with E-state index in [9.17, 15) is 164 Å². The molecule has 0 radical (unpaired) electrons. The lowest BCUT2D eigenvalue weighted by Crippen LogP contribution is -2.71. The molecule has 0 aromatic rings. The van der Waals surface area contributed by atoms with Gasteiger partial charge in [-0.1, -0.05) is 0 Å². The smallest absolute Gasteiger partial charge is 0.394 e. The second-order valence-corrected chi connectivity index (χ2v) is 34.1. The average molecular weight is 1950 g/mol. The first-order valence-electron chi connectivity index (χ1n) is 41.6. The number of nitrogens with one attached hydrogen (secondary N) is 6. The molecule has 1 unspecified atom stereocenters. The Hall–Kier alpha value is -5.03. The first-order valence-corrected chi connectivity index (χ1v) is 43.0. The highest BCUT2D eigenvalue weighted by Gasteiger charge is 2.62. The molecular weight excluding hydrogens is 1830 g/mol. The largest absolute Gasteiger partial charge is 0.397 e. The van der Waals surface area contributed by atoms with Gasteiger partial charge in [-0.2, -0.15) is 8.42 Å². The van der Waals surface area contributed by atoms with Crippen LogP contribution >= 0.6 is 0 Å². The number of ether oxygens (including phenoxy) is 19. The summed E-state index contributed by atoms with van der Waals surface area (Å²) in [5, 5.41) is 288. The topological polar surface area (TPSA) is 899 Å². The fourth-order valence-electron chi connectivity index (χ4n) is 16.6. The van der Waals surface area contributed by atoms with Gasteiger partial charge in [0.2, 0.25) is 35.4 Å². The van der Waals surface area contributed by atoms with Crippen molar-refractivity contribution in [2.24, 2.45) is 0 Å². The summed E-state index contributed by atoms with van der Waals surface area (Å²) in [6, 6.07) is -11.5. The van der Waals surface area contributed by atoms with E-state index in [1.807, 2.05) is 0 Å². The maximum atomic E-state index is 13.4. The second-order valence-electron chi connectivity index (χ2n) is 33.0. The van der Waals surface area contributed by atoms with Crippen LogP contribution in [0.4, 0.5) is 0 Å². The highest BCUT2D eigenvalue weighted by atomic mass is 32.3. The highest BCUT2D eigenvalue weighted by molar-refractivity contribution is 7.80. The summed E-state index contributed by atoms with van der Waals surface area (Å²) in [6.07, 6.45) is -95.2. The molecular formula is C72H120N6O53S. The number of hydrogen-bond acceptors (Lipinski definition) is 52. The van der Waals surface area contributed by atoms with Gasteiger partial charge in [-0.15, -0.1) is 0 Å². The Kier molecular flexibility index (Phi) is 39.0. The van der Waals surface area contributed by atoms with Gasteiger partial charge in [-0.25, -0.2) is 4.18 Å². The molecule has 0 bridgehead atoms. The molecule has 132 heavy (non-hydrogen) atoms. The molecule has 0 spiro atoms. The predicted molar refractivity (Wildman–Crippen MR) is 408 cm³/mol. The summed E-state index contributed by atoms with van der Waals surface area (Å²) in [7, 11) is -5.37. The van der Waals surface area contributed by atoms with Crippen molar-refractivity contribution >= 4 is 45.8 Å². The molecule has 0 aliphatic carbocycles. The SMILES string of the molecule is CC(=O)N[C@H]1[C@H](O[C@H]2[C@H](O)[C@@H](NC(C)=O)C(O)O[C@@H]2CO[C@@H]2O[C@@H](C)[C@@H](O)[C@H](O)[C@@H]2O)O[C@H](CO)[C@@H](O[C@@H]2O[C@H](CO[C@H]3O[C@H](CO[C@@H]4O[C@H](CO)[C@@H](O)[C@H](O)[C@H]4NC(C)=O)[C@@H](O)[C@H](O)[C@@H]3O[C@@H]3O[C@H](CO)[C@@H](O)[C@H](O)[C@H]3NC(C)=O)[C@@H](O)[C@H](O[C@H]3O[C@H](CO)[C@@H](O[C@@H]4O[C@H](COS(=O)(=O)O)[C@@H](O)[C@H](O)[C@H]4NC(C)=O)[C@H](O)[C@@H]3O[C@@H]3O[C@H](CO)[C@@H](O)[C@H](O)[C@H]3NC(C)=O)[C@@H]2O)[C@@H]1O. The highest BCUT2D eigenvalue weighted by Crippen LogP contribution is 2.41. The van der Waals surface area contributed by atoms with Crippen LogP contribution in [0, 0.1) is 0 Å². The standard InChI is InChI=1S/C72H120N6O53S/c1-17-39(90)52(103)54(105)69(116-17)113-15-32-59(50(101)33(63(108)117-32)73-18(2)84)127-68-38(78-23(7)89)51(102)57(27(11-82)121-68)128-70-56(107)60(129-72-62(131-66-36(76-21(5)87)48(99)42(93)26(10-81)120-66)55(106)58(28(12-83)122-72)126-67-37(77-22(6)88)49(100)43(94)31(123-67)16-115-132(109,110)111)45(96)30(124-70)14-114-71-61(130-65-35(75-20(4)86)47(98)41(92)25(9-80)119-65)53(104)44(95)29(125-71)13-112-64-34(74-19(3)85)46(97)40(91)24(8-79)118-64/h17,24-72,79-83,90-108H,8-16H2,1-7H3,(H,73,84)(H,74,85)(H,75,86)(H,76,87)(H,77,88)(H,78,89)(H,109,110,111)/t17-,24+,25+,26+,27+,28+,29+,30+,31+,32+,33+,34+,35+,36+,37+,38+,39+,40+,41+,42+,43+,44+,45+,46+,47+,48+,49+,50+,51+,52-,53-,54-,55-,56-,57+,58+,59+,60-,61-,62-,63?,64+,65-,66-,67-,68-,69+,70-,71-,72+/m0/s1. The molecule has 10 fully saturated rings. The average Bonchev–Trinajstić information content (AvgIpc) is 0.764. The third kappa shape index (κ3) is 25.6. The molecule has 10 aliphatic rings. The maximum Gasteiger partial charge on any atom is 0.397 e. The van der Waals surface area contributed by atoms with Crippen LogP contribution in [0.5, 0.6) is 0 Å². The molecule has 50 atom stereocenters. The molecule has 60 heteroatoms. The predicted octanol–water partition coefficient (Wildman–Crippen LogP) is -21.1. The molecule has 10 aliphatic heterocycles. The van der Waals surface area contributed by atoms with Crippen molar-refractivity contribution in [3.05, 3.63) is 0 Å². The van der Waals surface area contributed by atoms with E-state index in [4.69, 9.17) is 90.0 Å². The van der Waals surface area contributed by atoms with Crippen molar-refractivity contribution in [3.8, 4) is 0 Å². The number of aliphatic hydroxyl groups excluding tert-OH is 24. The monoisotopic (exact) mass is 1950 g/mol. The second kappa shape index (κ2) is 47.3. The number of aliphatic hydroxyl groups is 24. The molecule has 762 valence electrons. The van der Waals surface area contributed by atoms with Crippen LogP contribution in [-0.2, 0) is 133 Å². The van der Waals surface area contributed by atoms with Crippen LogP contribution in [0.15, 0.2) is 0 Å². The quantitative estimate of drug-likeness (QED) is 0.0262. The summed E-state index contributed by atoms with van der Waals surface area (Å²) < 4.78 is 152. The minimum Gasteiger partial charge on any atom is -0.394 e. The first kappa shape index (κ1) is 109. The van der Waals surface area contributed by atoms with E-state index < -0.39 is 412 Å². The summed E-state index contributed by atoms with van der Waals surface area (Å²) in [5.74, 6) is -5.67. The van der Waals surface area contributed by atoms with Crippen LogP contribution in [0.3, 0.4) is 0 Å². The van der Waals surface area contributed by atoms with Crippen molar-refractivity contribution in [3.63, 3.8) is 0 Å². The molecule has 59 nitrogen and oxygen atoms in total. The lowest BCUT2D eigenvalue weighted by atomic mass is 9.93. The zero-order valence-corrected chi connectivity index (χ0v) is 72.1. The Morgan fingerprint density at radius 2 is 0.545 bits per heavy atom. The number of amides is 6. The summed E-state index contributed by atoms with van der Waals surface area (Å²) in [5.41, 5.74) is 0. The van der Waals surface area contributed by atoms with Gasteiger partial charge in [0, 0.05) is 41.5 Å². The van der Waals surface area contributed by atoms with E-state index in [0.717, 1.165) is 41.5 Å². The minimum absolute atomic E-state index is 0.838. The molecule has 0 saturated carbocycles. The molecule has 0 aromatic carbocycles. The molecule has 31 N–H and O–H groups in total. The van der Waals surface area contributed by atoms with Gasteiger partial charge in [0.1, 0.15) is 238 Å². The fraction of sp³-hybridized carbons (Fsp3) is 0.917. The van der Waals surface area contributed by atoms with E-state index in [0.29, 0.717) is 0 Å². The molecule has 10 heterocycles. The number of hydrogen-bond donors (Lipinski definition) is 31. The van der Waals surface area contributed by atoms with Crippen molar-refractivity contribution in [1.29, 1.82) is 0 Å². The van der Waals surface area contributed by atoms with Crippen LogP contribution in [0.25, 0.3) is 0 Å². The summed E-state index contributed by atoms with van der Waals surface area (Å²) in [6.45, 7) is -3.69. The van der Waals surface area contributed by atoms with Gasteiger partial charge in [-0.05, 0) is 6.92 Å². The Morgan fingerprint density at radius 1 is 0.250 bits per heavy atom. The van der Waals surface area contributed by atoms with Gasteiger partial charge >= 0.3 is 10.4 Å². The van der Waals surface area contributed by atoms with Crippen LogP contribution in [0.2, 0.25) is 0 Å². The van der Waals surface area contributed by atoms with Gasteiger partial charge in [0.05, 0.1) is 65.6 Å². The minimum atomic E-state index is -5.37. The lowest BCUT2D eigenvalue weighted by Gasteiger charge is -2.52. The van der Waals surface area contributed by atoms with Crippen LogP contribution < -0.4 is 31.9 Å². The van der Waals surface area contributed by atoms with E-state index in [1.165, 1.54) is 6.92 Å². The van der Waals surface area contributed by atoms with E-state index in [-0.39, 0.29) is 0 Å². The van der Waals surface area contributed by atoms with Crippen molar-refractivity contribution < 1.29 is 258 Å². The third-order valence-electron chi connectivity index (χ3n) is 23.4. The number of carbonyl (C=O) groups is 6. The van der Waals surface area contributed by atoms with Crippen molar-refractivity contribution in [2.45, 2.75) is 355 Å². The Morgan fingerprint density at radius 3 is 0.992 bits per heavy atom. The van der Waals surface area contributed by atoms with Gasteiger partial charge in [-0.3, -0.25) is 33.3 Å². The van der Waals surface area contributed by atoms with Crippen molar-refractivity contribution in [1.82, 2.24) is 31.9 Å². The summed E-state index contributed by atoms with van der Waals surface area (Å²) in [4.78, 5) is 76.9. The third-order valence-corrected chi connectivity index (χ3v) is 23.8. The number of carbonyl (C=O) groups excluding carboxylic acids is 6. The molecule has 10 rings (SSSR count). The van der Waals surface area contributed by atoms with Gasteiger partial charge in [0.25, 0.3) is 0 Å². The van der Waals surface area contributed by atoms with E-state index in [1.54, 1.807) is 0 Å². The molecule has 0 aromatic heterocycles. The van der Waals surface area contributed by atoms with E-state index >= 15 is 0 Å². The molecule has 10 saturated heterocycles. The Bertz CT molecular complexity index is 3840. The molecule has 6 amide bonds. The first-order chi connectivity index (χ1) is 62.1. The van der Waals surface area contributed by atoms with Crippen molar-refractivity contribution in [2.75, 3.05) is 59.5 Å². The summed E-state index contributed by atoms with van der Waals surface area (Å²) >= 11 is 0. The Balaban J connectivity index is 1.06. The maximum absolute atomic E-state index is 13.4. The number of rotatable bonds is 35. The normalized spacial score (nSPS) is 46.8. The Labute approximate surface area is 748 Å². The zero-order valence-electron chi connectivity index (χ0n) is 71.3. The van der Waals surface area contributed by atoms with E-state index in [2.05, 4.69) is 36.1 Å². The lowest BCUT2D eigenvalue weighted by molar-refractivity contribution is -0.403. The zero-order chi connectivity index (χ0) is 97.6. The van der Waals surface area contributed by atoms with Crippen LogP contribution in [0.1, 0.15) is 48.5 Å². The fourth-order valence-corrected chi connectivity index (χ4v) is 16.9.